The molecule has 1 aromatic carbocycles. The number of H-pyrrole nitrogens is 1. The maximum absolute atomic E-state index is 12.8. The lowest BCUT2D eigenvalue weighted by Gasteiger charge is -2.34. The van der Waals surface area contributed by atoms with E-state index in [1.54, 1.807) is 0 Å². The van der Waals surface area contributed by atoms with Crippen LogP contribution in [0.4, 0.5) is 0 Å². The Hall–Kier alpha value is -2.44. The molecule has 2 heterocycles. The average Bonchev–Trinajstić information content (AvgIpc) is 2.98. The molecule has 0 unspecified atom stereocenters. The van der Waals surface area contributed by atoms with Crippen molar-refractivity contribution in [2.45, 2.75) is 26.8 Å². The molecule has 27 heavy (non-hydrogen) atoms. The highest BCUT2D eigenvalue weighted by Gasteiger charge is 2.25. The summed E-state index contributed by atoms with van der Waals surface area (Å²) in [5.41, 5.74) is 3.68. The van der Waals surface area contributed by atoms with Crippen LogP contribution >= 0.6 is 0 Å². The van der Waals surface area contributed by atoms with E-state index in [1.807, 2.05) is 32.0 Å². The number of rotatable bonds is 6. The molecule has 3 rings (SSSR count). The number of morpholine rings is 1. The average molecular weight is 369 g/mol. The number of aryl methyl sites for hydroxylation is 1. The van der Waals surface area contributed by atoms with E-state index in [0.717, 1.165) is 18.8 Å². The quantitative estimate of drug-likeness (QED) is 0.768. The van der Waals surface area contributed by atoms with Gasteiger partial charge in [-0.15, -0.1) is 0 Å². The van der Waals surface area contributed by atoms with Crippen molar-refractivity contribution in [3.05, 3.63) is 58.4 Å². The van der Waals surface area contributed by atoms with Gasteiger partial charge in [0, 0.05) is 30.9 Å². The van der Waals surface area contributed by atoms with Gasteiger partial charge in [-0.3, -0.25) is 14.5 Å². The van der Waals surface area contributed by atoms with E-state index in [-0.39, 0.29) is 17.7 Å². The van der Waals surface area contributed by atoms with Crippen molar-refractivity contribution in [3.63, 3.8) is 0 Å². The molecule has 0 saturated carbocycles. The summed E-state index contributed by atoms with van der Waals surface area (Å²) >= 11 is 0. The van der Waals surface area contributed by atoms with Gasteiger partial charge in [0.15, 0.2) is 5.78 Å². The van der Waals surface area contributed by atoms with E-state index in [9.17, 15) is 9.59 Å². The molecular weight excluding hydrogens is 342 g/mol. The Morgan fingerprint density at radius 3 is 2.44 bits per heavy atom. The minimum Gasteiger partial charge on any atom is -0.379 e. The highest BCUT2D eigenvalue weighted by molar-refractivity contribution is 6.02. The van der Waals surface area contributed by atoms with Gasteiger partial charge in [-0.25, -0.2) is 0 Å². The molecule has 6 heteroatoms. The summed E-state index contributed by atoms with van der Waals surface area (Å²) in [6.45, 7) is 8.73. The minimum absolute atomic E-state index is 0.0317. The molecule has 0 radical (unpaired) electrons. The van der Waals surface area contributed by atoms with Gasteiger partial charge in [0.1, 0.15) is 5.69 Å². The van der Waals surface area contributed by atoms with Gasteiger partial charge in [-0.2, -0.15) is 0 Å². The smallest absolute Gasteiger partial charge is 0.268 e. The molecule has 1 aliphatic rings. The van der Waals surface area contributed by atoms with E-state index < -0.39 is 0 Å². The maximum atomic E-state index is 12.8. The highest BCUT2D eigenvalue weighted by Crippen LogP contribution is 2.22. The first-order valence-electron chi connectivity index (χ1n) is 9.34. The first-order valence-corrected chi connectivity index (χ1v) is 9.34. The lowest BCUT2D eigenvalue weighted by molar-refractivity contribution is 0.0162. The number of Topliss-reactive ketones (excluding diaryl/α,β-unsaturated/α-hetero) is 1. The largest absolute Gasteiger partial charge is 0.379 e. The van der Waals surface area contributed by atoms with E-state index in [4.69, 9.17) is 4.74 Å². The van der Waals surface area contributed by atoms with Crippen LogP contribution in [0.25, 0.3) is 0 Å². The predicted octanol–water partition coefficient (Wildman–Crippen LogP) is 2.64. The molecule has 2 N–H and O–H groups in total. The Morgan fingerprint density at radius 2 is 1.85 bits per heavy atom. The number of nitrogens with one attached hydrogen (secondary N) is 2. The number of aromatic amines is 1. The van der Waals surface area contributed by atoms with Crippen LogP contribution in [0.5, 0.6) is 0 Å². The Morgan fingerprint density at radius 1 is 1.19 bits per heavy atom. The molecule has 1 saturated heterocycles. The molecule has 0 aliphatic carbocycles. The summed E-state index contributed by atoms with van der Waals surface area (Å²) < 4.78 is 5.47. The summed E-state index contributed by atoms with van der Waals surface area (Å²) in [5, 5.41) is 3.05. The van der Waals surface area contributed by atoms with Gasteiger partial charge in [-0.1, -0.05) is 30.3 Å². The molecule has 1 atom stereocenters. The molecule has 1 aromatic heterocycles. The number of amides is 1. The van der Waals surface area contributed by atoms with Crippen molar-refractivity contribution < 1.29 is 14.3 Å². The van der Waals surface area contributed by atoms with Crippen molar-refractivity contribution in [1.82, 2.24) is 15.2 Å². The predicted molar refractivity (Wildman–Crippen MR) is 104 cm³/mol. The van der Waals surface area contributed by atoms with Crippen molar-refractivity contribution in [3.8, 4) is 0 Å². The normalized spacial score (nSPS) is 16.1. The van der Waals surface area contributed by atoms with Gasteiger partial charge in [0.25, 0.3) is 5.91 Å². The zero-order valence-corrected chi connectivity index (χ0v) is 16.2. The third-order valence-corrected chi connectivity index (χ3v) is 5.14. The molecule has 144 valence electrons. The number of ether oxygens (including phenoxy) is 1. The summed E-state index contributed by atoms with van der Waals surface area (Å²) in [5.74, 6) is -0.215. The number of hydrogen-bond acceptors (Lipinski definition) is 4. The summed E-state index contributed by atoms with van der Waals surface area (Å²) in [6, 6.07) is 10.3. The van der Waals surface area contributed by atoms with Crippen LogP contribution in [0.2, 0.25) is 0 Å². The number of carbonyl (C=O) groups excluding carboxylic acids is 2. The van der Waals surface area contributed by atoms with Crippen molar-refractivity contribution in [2.24, 2.45) is 0 Å². The number of carbonyl (C=O) groups is 2. The van der Waals surface area contributed by atoms with Gasteiger partial charge in [0.05, 0.1) is 19.3 Å². The Labute approximate surface area is 159 Å². The molecular formula is C21H27N3O3. The van der Waals surface area contributed by atoms with Gasteiger partial charge >= 0.3 is 0 Å². The lowest BCUT2D eigenvalue weighted by atomic mass is 10.0. The fourth-order valence-electron chi connectivity index (χ4n) is 3.81. The number of benzene rings is 1. The third kappa shape index (κ3) is 4.28. The van der Waals surface area contributed by atoms with Crippen molar-refractivity contribution in [2.75, 3.05) is 32.8 Å². The van der Waals surface area contributed by atoms with Crippen LogP contribution in [0, 0.1) is 13.8 Å². The fourth-order valence-corrected chi connectivity index (χ4v) is 3.81. The lowest BCUT2D eigenvalue weighted by Crippen LogP contribution is -2.44. The van der Waals surface area contributed by atoms with Crippen molar-refractivity contribution in [1.29, 1.82) is 0 Å². The molecule has 0 spiro atoms. The summed E-state index contributed by atoms with van der Waals surface area (Å²) in [6.07, 6.45) is 0. The Kier molecular flexibility index (Phi) is 6.08. The monoisotopic (exact) mass is 369 g/mol. The second kappa shape index (κ2) is 8.50. The van der Waals surface area contributed by atoms with Crippen LogP contribution in [0.1, 0.15) is 50.6 Å². The molecule has 2 aromatic rings. The molecule has 1 amide bonds. The van der Waals surface area contributed by atoms with Gasteiger partial charge in [-0.05, 0) is 31.9 Å². The highest BCUT2D eigenvalue weighted by atomic mass is 16.5. The number of hydrogen-bond donors (Lipinski definition) is 2. The summed E-state index contributed by atoms with van der Waals surface area (Å²) in [7, 11) is 0. The summed E-state index contributed by atoms with van der Waals surface area (Å²) in [4.78, 5) is 30.0. The number of nitrogens with zero attached hydrogens (tertiary/aromatic N) is 1. The van der Waals surface area contributed by atoms with Gasteiger partial charge < -0.3 is 15.0 Å². The SMILES string of the molecule is CC(=O)c1c(C)[nH]c(C(=O)NC[C@@H](c2ccccc2)N2CCOCC2)c1C. The van der Waals surface area contributed by atoms with Crippen LogP contribution in [0.3, 0.4) is 0 Å². The molecule has 0 bridgehead atoms. The first-order chi connectivity index (χ1) is 13.0. The molecule has 1 aliphatic heterocycles. The minimum atomic E-state index is -0.183. The molecule has 1 fully saturated rings. The van der Waals surface area contributed by atoms with E-state index >= 15 is 0 Å². The van der Waals surface area contributed by atoms with Crippen LogP contribution in [0.15, 0.2) is 30.3 Å². The number of aromatic nitrogens is 1. The molecule has 6 nitrogen and oxygen atoms in total. The Bertz CT molecular complexity index is 808. The zero-order valence-electron chi connectivity index (χ0n) is 16.2. The maximum Gasteiger partial charge on any atom is 0.268 e. The zero-order chi connectivity index (χ0) is 19.4. The van der Waals surface area contributed by atoms with Crippen LogP contribution in [-0.2, 0) is 4.74 Å². The second-order valence-corrected chi connectivity index (χ2v) is 6.97. The van der Waals surface area contributed by atoms with Crippen molar-refractivity contribution >= 4 is 11.7 Å². The fraction of sp³-hybridized carbons (Fsp3) is 0.429. The van der Waals surface area contributed by atoms with Gasteiger partial charge in [0.2, 0.25) is 0 Å². The van der Waals surface area contributed by atoms with E-state index in [0.29, 0.717) is 36.6 Å². The third-order valence-electron chi connectivity index (χ3n) is 5.14. The standard InChI is InChI=1S/C21H27N3O3/c1-14-19(16(3)25)15(2)23-20(14)21(26)22-13-18(17-7-5-4-6-8-17)24-9-11-27-12-10-24/h4-8,18,23H,9-13H2,1-3H3,(H,22,26)/t18-/m0/s1. The van der Waals surface area contributed by atoms with Crippen LogP contribution < -0.4 is 5.32 Å². The number of ketones is 1. The first kappa shape index (κ1) is 19.3. The van der Waals surface area contributed by atoms with Crippen LogP contribution in [-0.4, -0.2) is 54.4 Å². The van der Waals surface area contributed by atoms with E-state index in [2.05, 4.69) is 27.3 Å². The Balaban J connectivity index is 1.76. The topological polar surface area (TPSA) is 74.4 Å². The second-order valence-electron chi connectivity index (χ2n) is 6.97. The van der Waals surface area contributed by atoms with E-state index in [1.165, 1.54) is 12.5 Å².